The van der Waals surface area contributed by atoms with Crippen LogP contribution >= 0.6 is 0 Å². The number of amides is 2. The first kappa shape index (κ1) is 14.9. The summed E-state index contributed by atoms with van der Waals surface area (Å²) in [5.74, 6) is -2.53. The van der Waals surface area contributed by atoms with E-state index in [0.717, 1.165) is 12.1 Å². The molecule has 1 aliphatic rings. The number of imide groups is 1. The highest BCUT2D eigenvalue weighted by atomic mass is 19.1. The van der Waals surface area contributed by atoms with Gasteiger partial charge in [0.25, 0.3) is 11.7 Å². The van der Waals surface area contributed by atoms with E-state index in [9.17, 15) is 18.8 Å². The van der Waals surface area contributed by atoms with Crippen LogP contribution in [-0.4, -0.2) is 24.2 Å². The highest BCUT2D eigenvalue weighted by molar-refractivity contribution is 6.57. The molecule has 0 bridgehead atoms. The molecule has 0 spiro atoms. The molecule has 116 valence electrons. The molecule has 2 aromatic carbocycles. The van der Waals surface area contributed by atoms with Crippen LogP contribution in [-0.2, 0) is 4.79 Å². The Kier molecular flexibility index (Phi) is 3.65. The maximum Gasteiger partial charge on any atom is 0.306 e. The highest BCUT2D eigenvalue weighted by Gasteiger charge is 2.40. The van der Waals surface area contributed by atoms with E-state index in [-0.39, 0.29) is 16.8 Å². The van der Waals surface area contributed by atoms with Gasteiger partial charge in [-0.1, -0.05) is 0 Å². The summed E-state index contributed by atoms with van der Waals surface area (Å²) in [6.07, 6.45) is 0. The van der Waals surface area contributed by atoms with Crippen LogP contribution in [0.5, 0.6) is 5.75 Å². The van der Waals surface area contributed by atoms with E-state index < -0.39 is 23.4 Å². The summed E-state index contributed by atoms with van der Waals surface area (Å²) in [6.45, 7) is 2.32. The lowest BCUT2D eigenvalue weighted by Gasteiger charge is -2.15. The van der Waals surface area contributed by atoms with Gasteiger partial charge in [0.1, 0.15) is 11.6 Å². The van der Waals surface area contributed by atoms with Crippen LogP contribution < -0.4 is 9.64 Å². The fourth-order valence-corrected chi connectivity index (χ4v) is 2.40. The van der Waals surface area contributed by atoms with Crippen LogP contribution in [0.3, 0.4) is 0 Å². The Hall–Kier alpha value is -3.02. The Balaban J connectivity index is 1.98. The number of carbonyl (C=O) groups excluding carboxylic acids is 3. The Morgan fingerprint density at radius 3 is 2.48 bits per heavy atom. The van der Waals surface area contributed by atoms with Crippen molar-refractivity contribution in [2.24, 2.45) is 0 Å². The van der Waals surface area contributed by atoms with Crippen LogP contribution in [0.4, 0.5) is 10.1 Å². The van der Waals surface area contributed by atoms with E-state index >= 15 is 0 Å². The topological polar surface area (TPSA) is 63.7 Å². The molecule has 2 aromatic rings. The second kappa shape index (κ2) is 5.64. The zero-order valence-electron chi connectivity index (χ0n) is 12.2. The third-order valence-electron chi connectivity index (χ3n) is 3.46. The molecule has 3 rings (SSSR count). The fraction of sp³-hybridized carbons (Fsp3) is 0.118. The Labute approximate surface area is 131 Å². The number of ketones is 1. The average molecular weight is 313 g/mol. The number of halogens is 1. The Morgan fingerprint density at radius 1 is 1.13 bits per heavy atom. The van der Waals surface area contributed by atoms with E-state index in [1.165, 1.54) is 18.2 Å². The summed E-state index contributed by atoms with van der Waals surface area (Å²) in [5, 5.41) is 0. The van der Waals surface area contributed by atoms with Crippen LogP contribution in [0.15, 0.2) is 42.5 Å². The molecule has 0 fully saturated rings. The predicted molar refractivity (Wildman–Crippen MR) is 80.2 cm³/mol. The van der Waals surface area contributed by atoms with E-state index in [1.807, 2.05) is 6.92 Å². The molecule has 0 radical (unpaired) electrons. The van der Waals surface area contributed by atoms with Gasteiger partial charge in [-0.05, 0) is 49.4 Å². The minimum atomic E-state index is -0.982. The molecule has 0 N–H and O–H groups in total. The average Bonchev–Trinajstić information content (AvgIpc) is 2.79. The standard InChI is InChI=1S/C17H12FNO4/c1-2-23-12-6-3-10(4-7-12)16(21)19-14-9-11(18)5-8-13(14)15(20)17(19)22/h3-9H,2H2,1H3. The number of benzene rings is 2. The summed E-state index contributed by atoms with van der Waals surface area (Å²) in [6, 6.07) is 9.44. The van der Waals surface area contributed by atoms with Gasteiger partial charge in [0.2, 0.25) is 0 Å². The minimum absolute atomic E-state index is 0.0238. The van der Waals surface area contributed by atoms with Crippen LogP contribution in [0.2, 0.25) is 0 Å². The highest BCUT2D eigenvalue weighted by Crippen LogP contribution is 2.31. The molecule has 0 aliphatic carbocycles. The second-order valence-electron chi connectivity index (χ2n) is 4.89. The van der Waals surface area contributed by atoms with Crippen LogP contribution in [0, 0.1) is 5.82 Å². The van der Waals surface area contributed by atoms with Gasteiger partial charge in [-0.2, -0.15) is 0 Å². The van der Waals surface area contributed by atoms with Crippen molar-refractivity contribution in [2.75, 3.05) is 11.5 Å². The summed E-state index contributed by atoms with van der Waals surface area (Å²) in [5.41, 5.74) is 0.196. The maximum atomic E-state index is 13.4. The molecular weight excluding hydrogens is 301 g/mol. The number of ether oxygens (including phenoxy) is 1. The number of carbonyl (C=O) groups is 3. The van der Waals surface area contributed by atoms with Gasteiger partial charge < -0.3 is 4.74 Å². The summed E-state index contributed by atoms with van der Waals surface area (Å²) < 4.78 is 18.7. The van der Waals surface area contributed by atoms with Crippen molar-refractivity contribution in [3.8, 4) is 5.75 Å². The largest absolute Gasteiger partial charge is 0.494 e. The van der Waals surface area contributed by atoms with E-state index in [2.05, 4.69) is 0 Å². The zero-order chi connectivity index (χ0) is 16.6. The molecule has 1 heterocycles. The summed E-state index contributed by atoms with van der Waals surface area (Å²) in [7, 11) is 0. The molecule has 0 saturated carbocycles. The zero-order valence-corrected chi connectivity index (χ0v) is 12.2. The lowest BCUT2D eigenvalue weighted by atomic mass is 10.1. The molecule has 6 heteroatoms. The van der Waals surface area contributed by atoms with Crippen molar-refractivity contribution in [3.63, 3.8) is 0 Å². The van der Waals surface area contributed by atoms with Gasteiger partial charge >= 0.3 is 5.91 Å². The van der Waals surface area contributed by atoms with Gasteiger partial charge in [-0.15, -0.1) is 0 Å². The Bertz CT molecular complexity index is 814. The smallest absolute Gasteiger partial charge is 0.306 e. The first-order valence-corrected chi connectivity index (χ1v) is 6.98. The summed E-state index contributed by atoms with van der Waals surface area (Å²) >= 11 is 0. The lowest BCUT2D eigenvalue weighted by molar-refractivity contribution is -0.113. The van der Waals surface area contributed by atoms with Crippen molar-refractivity contribution >= 4 is 23.3 Å². The second-order valence-corrected chi connectivity index (χ2v) is 4.89. The fourth-order valence-electron chi connectivity index (χ4n) is 2.40. The van der Waals surface area contributed by atoms with E-state index in [4.69, 9.17) is 4.74 Å². The monoisotopic (exact) mass is 313 g/mol. The quantitative estimate of drug-likeness (QED) is 0.645. The van der Waals surface area contributed by atoms with Crippen molar-refractivity contribution in [3.05, 3.63) is 59.4 Å². The number of anilines is 1. The summed E-state index contributed by atoms with van der Waals surface area (Å²) in [4.78, 5) is 37.2. The van der Waals surface area contributed by atoms with Crippen molar-refractivity contribution < 1.29 is 23.5 Å². The van der Waals surface area contributed by atoms with Gasteiger partial charge in [0, 0.05) is 5.56 Å². The number of Topliss-reactive ketones (excluding diaryl/α,β-unsaturated/α-hetero) is 1. The number of hydrogen-bond donors (Lipinski definition) is 0. The predicted octanol–water partition coefficient (Wildman–Crippen LogP) is 2.59. The maximum absolute atomic E-state index is 13.4. The van der Waals surface area contributed by atoms with Gasteiger partial charge in [0.05, 0.1) is 17.9 Å². The molecule has 0 aromatic heterocycles. The lowest BCUT2D eigenvalue weighted by Crippen LogP contribution is -2.35. The molecule has 23 heavy (non-hydrogen) atoms. The molecule has 1 aliphatic heterocycles. The minimum Gasteiger partial charge on any atom is -0.494 e. The van der Waals surface area contributed by atoms with Gasteiger partial charge in [-0.25, -0.2) is 9.29 Å². The van der Waals surface area contributed by atoms with Crippen LogP contribution in [0.25, 0.3) is 0 Å². The van der Waals surface area contributed by atoms with Gasteiger partial charge in [-0.3, -0.25) is 14.4 Å². The third kappa shape index (κ3) is 2.48. The first-order chi connectivity index (χ1) is 11.0. The normalized spacial score (nSPS) is 13.2. The molecule has 0 unspecified atom stereocenters. The van der Waals surface area contributed by atoms with E-state index in [0.29, 0.717) is 17.3 Å². The molecule has 0 atom stereocenters. The molecular formula is C17H12FNO4. The van der Waals surface area contributed by atoms with Crippen molar-refractivity contribution in [1.29, 1.82) is 0 Å². The van der Waals surface area contributed by atoms with Crippen LogP contribution in [0.1, 0.15) is 27.6 Å². The number of nitrogens with zero attached hydrogens (tertiary/aromatic N) is 1. The van der Waals surface area contributed by atoms with Gasteiger partial charge in [0.15, 0.2) is 0 Å². The number of hydrogen-bond acceptors (Lipinski definition) is 4. The third-order valence-corrected chi connectivity index (χ3v) is 3.46. The number of rotatable bonds is 3. The van der Waals surface area contributed by atoms with Crippen molar-refractivity contribution in [1.82, 2.24) is 0 Å². The Morgan fingerprint density at radius 2 is 1.83 bits per heavy atom. The SMILES string of the molecule is CCOc1ccc(C(=O)N2C(=O)C(=O)c3ccc(F)cc32)cc1. The molecule has 0 saturated heterocycles. The number of fused-ring (bicyclic) bond motifs is 1. The molecule has 2 amide bonds. The molecule has 5 nitrogen and oxygen atoms in total. The van der Waals surface area contributed by atoms with Crippen molar-refractivity contribution in [2.45, 2.75) is 6.92 Å². The first-order valence-electron chi connectivity index (χ1n) is 6.98. The van der Waals surface area contributed by atoms with E-state index in [1.54, 1.807) is 12.1 Å².